The van der Waals surface area contributed by atoms with Gasteiger partial charge in [-0.25, -0.2) is 4.98 Å². The molecule has 1 aromatic heterocycles. The molecule has 2 heterocycles. The second-order valence-corrected chi connectivity index (χ2v) is 5.21. The van der Waals surface area contributed by atoms with E-state index in [1.807, 2.05) is 11.0 Å². The minimum absolute atomic E-state index is 0.0138. The van der Waals surface area contributed by atoms with Crippen molar-refractivity contribution < 1.29 is 14.6 Å². The summed E-state index contributed by atoms with van der Waals surface area (Å²) in [4.78, 5) is 17.8. The molecule has 0 aromatic carbocycles. The van der Waals surface area contributed by atoms with E-state index >= 15 is 0 Å². The number of halogens is 1. The Morgan fingerprint density at radius 2 is 2.35 bits per heavy atom. The van der Waals surface area contributed by atoms with E-state index < -0.39 is 0 Å². The molecule has 6 heteroatoms. The van der Waals surface area contributed by atoms with E-state index in [0.29, 0.717) is 11.8 Å². The molecule has 0 aliphatic carbocycles. The molecule has 5 nitrogen and oxygen atoms in total. The first kappa shape index (κ1) is 15.2. The molecule has 0 radical (unpaired) electrons. The van der Waals surface area contributed by atoms with Gasteiger partial charge in [-0.2, -0.15) is 0 Å². The lowest BCUT2D eigenvalue weighted by molar-refractivity contribution is -0.145. The van der Waals surface area contributed by atoms with Crippen molar-refractivity contribution in [2.24, 2.45) is 0 Å². The van der Waals surface area contributed by atoms with Crippen LogP contribution >= 0.6 is 11.6 Å². The molecule has 1 saturated heterocycles. The number of aliphatic hydroxyl groups excluding tert-OH is 1. The first-order chi connectivity index (χ1) is 9.65. The van der Waals surface area contributed by atoms with Crippen LogP contribution in [-0.2, 0) is 9.53 Å². The summed E-state index contributed by atoms with van der Waals surface area (Å²) < 4.78 is 5.00. The Balaban J connectivity index is 2.13. The molecular formula is C14H19ClN2O3. The highest BCUT2D eigenvalue weighted by Crippen LogP contribution is 2.35. The van der Waals surface area contributed by atoms with E-state index in [1.165, 1.54) is 0 Å². The number of nitrogens with zero attached hydrogens (tertiary/aromatic N) is 2. The Morgan fingerprint density at radius 3 is 2.95 bits per heavy atom. The first-order valence-corrected chi connectivity index (χ1v) is 7.17. The van der Waals surface area contributed by atoms with E-state index in [2.05, 4.69) is 4.98 Å². The minimum Gasteiger partial charge on any atom is -0.465 e. The largest absolute Gasteiger partial charge is 0.465 e. The average molecular weight is 299 g/mol. The zero-order chi connectivity index (χ0) is 14.5. The van der Waals surface area contributed by atoms with Crippen LogP contribution < -0.4 is 0 Å². The van der Waals surface area contributed by atoms with Crippen LogP contribution in [0.25, 0.3) is 0 Å². The number of hydrogen-bond donors (Lipinski definition) is 1. The van der Waals surface area contributed by atoms with Crippen molar-refractivity contribution in [2.45, 2.75) is 31.8 Å². The number of esters is 1. The van der Waals surface area contributed by atoms with Gasteiger partial charge in [0.2, 0.25) is 0 Å². The van der Waals surface area contributed by atoms with Gasteiger partial charge in [0.15, 0.2) is 0 Å². The molecule has 0 unspecified atom stereocenters. The number of ether oxygens (including phenoxy) is 1. The molecule has 2 atom stereocenters. The fraction of sp³-hybridized carbons (Fsp3) is 0.571. The standard InChI is InChI=1S/C14H19ClN2O3/c1-2-20-14(19)8-17-11(9-18)4-5-12(17)10-3-6-13(15)16-7-10/h3,6-7,11-12,18H,2,4-5,8-9H2,1H3/t11-,12-/m0/s1. The Hall–Kier alpha value is -1.17. The molecule has 0 amide bonds. The molecule has 0 spiro atoms. The quantitative estimate of drug-likeness (QED) is 0.663. The Bertz CT molecular complexity index is 452. The number of aliphatic hydroxyl groups is 1. The average Bonchev–Trinajstić information content (AvgIpc) is 2.82. The smallest absolute Gasteiger partial charge is 0.320 e. The summed E-state index contributed by atoms with van der Waals surface area (Å²) >= 11 is 5.80. The molecule has 110 valence electrons. The number of carbonyl (C=O) groups excluding carboxylic acids is 1. The van der Waals surface area contributed by atoms with E-state index in [9.17, 15) is 9.90 Å². The number of likely N-dealkylation sites (tertiary alicyclic amines) is 1. The van der Waals surface area contributed by atoms with E-state index in [0.717, 1.165) is 18.4 Å². The lowest BCUT2D eigenvalue weighted by atomic mass is 10.1. The third-order valence-corrected chi connectivity index (χ3v) is 3.83. The summed E-state index contributed by atoms with van der Waals surface area (Å²) in [5, 5.41) is 9.90. The van der Waals surface area contributed by atoms with Gasteiger partial charge in [0.1, 0.15) is 5.15 Å². The number of rotatable bonds is 5. The molecule has 1 aromatic rings. The molecule has 1 N–H and O–H groups in total. The lowest BCUT2D eigenvalue weighted by Crippen LogP contribution is -2.38. The van der Waals surface area contributed by atoms with Crippen LogP contribution in [0.1, 0.15) is 31.4 Å². The minimum atomic E-state index is -0.264. The van der Waals surface area contributed by atoms with Crippen LogP contribution in [0.3, 0.4) is 0 Å². The van der Waals surface area contributed by atoms with Crippen molar-refractivity contribution in [3.63, 3.8) is 0 Å². The predicted molar refractivity (Wildman–Crippen MR) is 75.4 cm³/mol. The second-order valence-electron chi connectivity index (χ2n) is 4.82. The summed E-state index contributed by atoms with van der Waals surface area (Å²) in [6, 6.07) is 3.71. The van der Waals surface area contributed by atoms with Gasteiger partial charge in [-0.3, -0.25) is 9.69 Å². The highest BCUT2D eigenvalue weighted by molar-refractivity contribution is 6.29. The van der Waals surface area contributed by atoms with E-state index in [4.69, 9.17) is 16.3 Å². The van der Waals surface area contributed by atoms with Crippen LogP contribution in [0.4, 0.5) is 0 Å². The van der Waals surface area contributed by atoms with Crippen molar-refractivity contribution in [1.29, 1.82) is 0 Å². The predicted octanol–water partition coefficient (Wildman–Crippen LogP) is 1.80. The summed E-state index contributed by atoms with van der Waals surface area (Å²) in [6.07, 6.45) is 3.46. The van der Waals surface area contributed by atoms with Gasteiger partial charge in [-0.15, -0.1) is 0 Å². The normalized spacial score (nSPS) is 22.9. The Morgan fingerprint density at radius 1 is 1.55 bits per heavy atom. The van der Waals surface area contributed by atoms with Gasteiger partial charge in [-0.1, -0.05) is 17.7 Å². The van der Waals surface area contributed by atoms with E-state index in [1.54, 1.807) is 19.2 Å². The second kappa shape index (κ2) is 7.02. The van der Waals surface area contributed by atoms with Gasteiger partial charge >= 0.3 is 5.97 Å². The molecule has 0 bridgehead atoms. The molecule has 0 saturated carbocycles. The highest BCUT2D eigenvalue weighted by atomic mass is 35.5. The fourth-order valence-electron chi connectivity index (χ4n) is 2.67. The third-order valence-electron chi connectivity index (χ3n) is 3.61. The third kappa shape index (κ3) is 3.48. The van der Waals surface area contributed by atoms with Crippen molar-refractivity contribution >= 4 is 17.6 Å². The lowest BCUT2D eigenvalue weighted by Gasteiger charge is -2.28. The van der Waals surface area contributed by atoms with Gasteiger partial charge < -0.3 is 9.84 Å². The Kier molecular flexibility index (Phi) is 5.34. The number of pyridine rings is 1. The van der Waals surface area contributed by atoms with Crippen LogP contribution in [0.15, 0.2) is 18.3 Å². The highest BCUT2D eigenvalue weighted by Gasteiger charge is 2.35. The van der Waals surface area contributed by atoms with Crippen LogP contribution in [0, 0.1) is 0 Å². The number of carbonyl (C=O) groups is 1. The molecule has 1 aliphatic rings. The van der Waals surface area contributed by atoms with Crippen LogP contribution in [0.2, 0.25) is 5.15 Å². The number of hydrogen-bond acceptors (Lipinski definition) is 5. The van der Waals surface area contributed by atoms with Crippen molar-refractivity contribution in [3.05, 3.63) is 29.0 Å². The van der Waals surface area contributed by atoms with Gasteiger partial charge in [-0.05, 0) is 31.4 Å². The Labute approximate surface area is 123 Å². The summed E-state index contributed by atoms with van der Waals surface area (Å²) in [5.74, 6) is -0.264. The van der Waals surface area contributed by atoms with Gasteiger partial charge in [0, 0.05) is 18.3 Å². The molecule has 1 aliphatic heterocycles. The summed E-state index contributed by atoms with van der Waals surface area (Å²) in [5.41, 5.74) is 1.01. The molecule has 20 heavy (non-hydrogen) atoms. The zero-order valence-corrected chi connectivity index (χ0v) is 12.2. The van der Waals surface area contributed by atoms with Crippen molar-refractivity contribution in [3.8, 4) is 0 Å². The molecule has 1 fully saturated rings. The van der Waals surface area contributed by atoms with Crippen molar-refractivity contribution in [2.75, 3.05) is 19.8 Å². The monoisotopic (exact) mass is 298 g/mol. The SMILES string of the molecule is CCOC(=O)CN1[C@H](CO)CC[C@H]1c1ccc(Cl)nc1. The first-order valence-electron chi connectivity index (χ1n) is 6.79. The maximum absolute atomic E-state index is 11.7. The maximum atomic E-state index is 11.7. The fourth-order valence-corrected chi connectivity index (χ4v) is 2.78. The molecule has 2 rings (SSSR count). The molecular weight excluding hydrogens is 280 g/mol. The maximum Gasteiger partial charge on any atom is 0.320 e. The summed E-state index contributed by atoms with van der Waals surface area (Å²) in [6.45, 7) is 2.37. The van der Waals surface area contributed by atoms with Gasteiger partial charge in [0.05, 0.1) is 19.8 Å². The van der Waals surface area contributed by atoms with Crippen molar-refractivity contribution in [1.82, 2.24) is 9.88 Å². The zero-order valence-electron chi connectivity index (χ0n) is 11.5. The van der Waals surface area contributed by atoms with Crippen LogP contribution in [-0.4, -0.2) is 46.8 Å². The topological polar surface area (TPSA) is 62.7 Å². The van der Waals surface area contributed by atoms with Crippen LogP contribution in [0.5, 0.6) is 0 Å². The summed E-state index contributed by atoms with van der Waals surface area (Å²) in [7, 11) is 0. The van der Waals surface area contributed by atoms with Gasteiger partial charge in [0.25, 0.3) is 0 Å². The number of aromatic nitrogens is 1. The van der Waals surface area contributed by atoms with E-state index in [-0.39, 0.29) is 31.2 Å².